The van der Waals surface area contributed by atoms with Crippen LogP contribution >= 0.6 is 0 Å². The van der Waals surface area contributed by atoms with E-state index in [9.17, 15) is 9.18 Å². The van der Waals surface area contributed by atoms with Gasteiger partial charge in [0, 0.05) is 19.6 Å². The lowest BCUT2D eigenvalue weighted by atomic mass is 10.1. The van der Waals surface area contributed by atoms with Crippen LogP contribution in [-0.2, 0) is 9.53 Å². The summed E-state index contributed by atoms with van der Waals surface area (Å²) in [6.45, 7) is 3.28. The van der Waals surface area contributed by atoms with E-state index in [1.165, 1.54) is 6.07 Å². The Morgan fingerprint density at radius 3 is 2.56 bits per heavy atom. The second-order valence-electron chi connectivity index (χ2n) is 5.57. The van der Waals surface area contributed by atoms with Gasteiger partial charge in [-0.05, 0) is 31.0 Å². The fourth-order valence-electron chi connectivity index (χ4n) is 2.39. The lowest BCUT2D eigenvalue weighted by Crippen LogP contribution is -2.32. The second kappa shape index (κ2) is 10.5. The topological polar surface area (TPSA) is 47.6 Å². The summed E-state index contributed by atoms with van der Waals surface area (Å²) in [4.78, 5) is 12.2. The number of benzene rings is 2. The molecule has 134 valence electrons. The van der Waals surface area contributed by atoms with Crippen LogP contribution in [0.3, 0.4) is 0 Å². The van der Waals surface area contributed by atoms with Crippen molar-refractivity contribution in [3.05, 3.63) is 66.0 Å². The average molecular weight is 345 g/mol. The Labute approximate surface area is 148 Å². The molecule has 2 rings (SSSR count). The number of carbonyl (C=O) groups is 1. The van der Waals surface area contributed by atoms with E-state index in [2.05, 4.69) is 5.32 Å². The van der Waals surface area contributed by atoms with E-state index in [1.54, 1.807) is 18.2 Å². The van der Waals surface area contributed by atoms with Crippen LogP contribution in [0, 0.1) is 5.82 Å². The zero-order valence-corrected chi connectivity index (χ0v) is 14.4. The molecule has 2 aromatic carbocycles. The van der Waals surface area contributed by atoms with Crippen LogP contribution in [0.1, 0.15) is 31.4 Å². The highest BCUT2D eigenvalue weighted by Crippen LogP contribution is 2.19. The van der Waals surface area contributed by atoms with Crippen LogP contribution < -0.4 is 10.1 Å². The Balaban J connectivity index is 1.96. The van der Waals surface area contributed by atoms with Gasteiger partial charge < -0.3 is 14.8 Å². The van der Waals surface area contributed by atoms with Crippen molar-refractivity contribution in [1.29, 1.82) is 0 Å². The van der Waals surface area contributed by atoms with E-state index in [1.807, 2.05) is 37.3 Å². The maximum atomic E-state index is 13.7. The first kappa shape index (κ1) is 18.9. The van der Waals surface area contributed by atoms with Crippen LogP contribution in [0.2, 0.25) is 0 Å². The summed E-state index contributed by atoms with van der Waals surface area (Å²) in [6.07, 6.45) is 1.04. The molecule has 25 heavy (non-hydrogen) atoms. The molecule has 0 heterocycles. The number of halogens is 1. The third kappa shape index (κ3) is 6.55. The Hall–Kier alpha value is -2.40. The second-order valence-corrected chi connectivity index (χ2v) is 5.57. The maximum absolute atomic E-state index is 13.7. The molecule has 1 atom stereocenters. The summed E-state index contributed by atoms with van der Waals surface area (Å²) < 4.78 is 24.5. The molecule has 4 nitrogen and oxygen atoms in total. The zero-order valence-electron chi connectivity index (χ0n) is 14.4. The molecule has 0 bridgehead atoms. The van der Waals surface area contributed by atoms with Crippen LogP contribution in [-0.4, -0.2) is 25.7 Å². The molecule has 0 radical (unpaired) electrons. The highest BCUT2D eigenvalue weighted by molar-refractivity contribution is 5.76. The number of para-hydroxylation sites is 1. The number of nitrogens with one attached hydrogen (secondary N) is 1. The smallest absolute Gasteiger partial charge is 0.220 e. The van der Waals surface area contributed by atoms with Crippen molar-refractivity contribution < 1.29 is 18.7 Å². The quantitative estimate of drug-likeness (QED) is 0.665. The molecule has 0 aliphatic carbocycles. The van der Waals surface area contributed by atoms with E-state index < -0.39 is 5.82 Å². The van der Waals surface area contributed by atoms with Crippen LogP contribution in [0.15, 0.2) is 54.6 Å². The van der Waals surface area contributed by atoms with Crippen molar-refractivity contribution in [3.63, 3.8) is 0 Å². The van der Waals surface area contributed by atoms with E-state index in [-0.39, 0.29) is 24.3 Å². The summed E-state index contributed by atoms with van der Waals surface area (Å²) in [5.41, 5.74) is 0.914. The standard InChI is InChI=1S/C20H24FNO3/c1-2-24-14-8-13-20(23)22-18(16-9-4-3-5-10-16)15-25-19-12-7-6-11-17(19)21/h3-7,9-12,18H,2,8,13-15H2,1H3,(H,22,23). The lowest BCUT2D eigenvalue weighted by molar-refractivity contribution is -0.122. The molecule has 0 aliphatic rings. The van der Waals surface area contributed by atoms with Gasteiger partial charge in [-0.3, -0.25) is 4.79 Å². The molecule has 2 aromatic rings. The predicted molar refractivity (Wildman–Crippen MR) is 94.9 cm³/mol. The first-order valence-corrected chi connectivity index (χ1v) is 8.50. The average Bonchev–Trinajstić information content (AvgIpc) is 2.64. The summed E-state index contributed by atoms with van der Waals surface area (Å²) in [5.74, 6) is -0.322. The summed E-state index contributed by atoms with van der Waals surface area (Å²) in [6, 6.07) is 15.4. The third-order valence-corrected chi connectivity index (χ3v) is 3.68. The molecule has 5 heteroatoms. The Kier molecular flexibility index (Phi) is 7.92. The molecular formula is C20H24FNO3. The Morgan fingerprint density at radius 2 is 1.84 bits per heavy atom. The van der Waals surface area contributed by atoms with E-state index in [0.29, 0.717) is 26.1 Å². The fraction of sp³-hybridized carbons (Fsp3) is 0.350. The van der Waals surface area contributed by atoms with Crippen molar-refractivity contribution in [2.75, 3.05) is 19.8 Å². The maximum Gasteiger partial charge on any atom is 0.220 e. The molecule has 0 saturated carbocycles. The third-order valence-electron chi connectivity index (χ3n) is 3.68. The number of ether oxygens (including phenoxy) is 2. The summed E-state index contributed by atoms with van der Waals surface area (Å²) in [5, 5.41) is 2.96. The van der Waals surface area contributed by atoms with Crippen LogP contribution in [0.25, 0.3) is 0 Å². The van der Waals surface area contributed by atoms with Gasteiger partial charge in [0.05, 0.1) is 6.04 Å². The normalized spacial score (nSPS) is 11.8. The molecule has 1 N–H and O–H groups in total. The molecular weight excluding hydrogens is 321 g/mol. The fourth-order valence-corrected chi connectivity index (χ4v) is 2.39. The summed E-state index contributed by atoms with van der Waals surface area (Å²) >= 11 is 0. The first-order valence-electron chi connectivity index (χ1n) is 8.50. The van der Waals surface area contributed by atoms with Crippen molar-refractivity contribution >= 4 is 5.91 Å². The molecule has 0 fully saturated rings. The number of hydrogen-bond acceptors (Lipinski definition) is 3. The molecule has 1 amide bonds. The molecule has 0 aromatic heterocycles. The highest BCUT2D eigenvalue weighted by atomic mass is 19.1. The van der Waals surface area contributed by atoms with Gasteiger partial charge in [0.2, 0.25) is 5.91 Å². The van der Waals surface area contributed by atoms with Gasteiger partial charge in [-0.25, -0.2) is 4.39 Å². The molecule has 0 saturated heterocycles. The van der Waals surface area contributed by atoms with E-state index in [4.69, 9.17) is 9.47 Å². The van der Waals surface area contributed by atoms with Gasteiger partial charge in [-0.15, -0.1) is 0 Å². The largest absolute Gasteiger partial charge is 0.488 e. The number of carbonyl (C=O) groups excluding carboxylic acids is 1. The predicted octanol–water partition coefficient (Wildman–Crippen LogP) is 3.88. The van der Waals surface area contributed by atoms with Gasteiger partial charge in [0.25, 0.3) is 0 Å². The Morgan fingerprint density at radius 1 is 1.12 bits per heavy atom. The zero-order chi connectivity index (χ0) is 17.9. The van der Waals surface area contributed by atoms with Crippen LogP contribution in [0.4, 0.5) is 4.39 Å². The van der Waals surface area contributed by atoms with Crippen molar-refractivity contribution in [3.8, 4) is 5.75 Å². The number of hydrogen-bond donors (Lipinski definition) is 1. The van der Waals surface area contributed by atoms with Crippen molar-refractivity contribution in [1.82, 2.24) is 5.32 Å². The number of amides is 1. The minimum Gasteiger partial charge on any atom is -0.488 e. The Bertz CT molecular complexity index is 648. The highest BCUT2D eigenvalue weighted by Gasteiger charge is 2.16. The van der Waals surface area contributed by atoms with E-state index in [0.717, 1.165) is 5.56 Å². The van der Waals surface area contributed by atoms with Crippen molar-refractivity contribution in [2.24, 2.45) is 0 Å². The van der Waals surface area contributed by atoms with Crippen LogP contribution in [0.5, 0.6) is 5.75 Å². The SMILES string of the molecule is CCOCCCC(=O)NC(COc1ccccc1F)c1ccccc1. The molecule has 0 spiro atoms. The summed E-state index contributed by atoms with van der Waals surface area (Å²) in [7, 11) is 0. The lowest BCUT2D eigenvalue weighted by Gasteiger charge is -2.20. The van der Waals surface area contributed by atoms with Gasteiger partial charge in [0.15, 0.2) is 11.6 Å². The minimum absolute atomic E-state index is 0.0781. The molecule has 1 unspecified atom stereocenters. The minimum atomic E-state index is -0.419. The monoisotopic (exact) mass is 345 g/mol. The van der Waals surface area contributed by atoms with Gasteiger partial charge in [0.1, 0.15) is 6.61 Å². The van der Waals surface area contributed by atoms with Crippen molar-refractivity contribution in [2.45, 2.75) is 25.8 Å². The van der Waals surface area contributed by atoms with Gasteiger partial charge in [-0.2, -0.15) is 0 Å². The van der Waals surface area contributed by atoms with Gasteiger partial charge in [-0.1, -0.05) is 42.5 Å². The van der Waals surface area contributed by atoms with E-state index >= 15 is 0 Å². The number of rotatable bonds is 10. The first-order chi connectivity index (χ1) is 12.2. The van der Waals surface area contributed by atoms with Gasteiger partial charge >= 0.3 is 0 Å². The molecule has 0 aliphatic heterocycles.